The molecule has 0 bridgehead atoms. The van der Waals surface area contributed by atoms with Crippen LogP contribution in [0.5, 0.6) is 0 Å². The standard InChI is InChI=1S/C5H10O4.C2H6.CH4O/c6-3-1-4(7)5(8)9-2-3;2*1-2/h3-8H,1-2H2;1-2H3;2H,1H3. The lowest BCUT2D eigenvalue weighted by molar-refractivity contribution is -0.211. The molecule has 0 spiro atoms. The molecule has 0 saturated carbocycles. The molecule has 0 aromatic heterocycles. The molecule has 1 fully saturated rings. The SMILES string of the molecule is CC.CO.OC1COC(O)C(O)C1. The van der Waals surface area contributed by atoms with Crippen LogP contribution in [0.3, 0.4) is 0 Å². The van der Waals surface area contributed by atoms with Crippen molar-refractivity contribution in [3.05, 3.63) is 0 Å². The van der Waals surface area contributed by atoms with E-state index in [1.165, 1.54) is 0 Å². The molecule has 3 atom stereocenters. The Morgan fingerprint density at radius 3 is 1.85 bits per heavy atom. The first kappa shape index (κ1) is 15.3. The molecule has 82 valence electrons. The zero-order valence-corrected chi connectivity index (χ0v) is 8.34. The van der Waals surface area contributed by atoms with Gasteiger partial charge in [-0.15, -0.1) is 0 Å². The molecule has 1 heterocycles. The second-order valence-corrected chi connectivity index (χ2v) is 2.18. The summed E-state index contributed by atoms with van der Waals surface area (Å²) in [6.45, 7) is 4.11. The fourth-order valence-corrected chi connectivity index (χ4v) is 0.784. The van der Waals surface area contributed by atoms with Gasteiger partial charge in [0.25, 0.3) is 0 Å². The maximum Gasteiger partial charge on any atom is 0.181 e. The number of aliphatic hydroxyl groups is 4. The Hall–Kier alpha value is -0.200. The maximum absolute atomic E-state index is 8.81. The predicted molar refractivity (Wildman–Crippen MR) is 48.1 cm³/mol. The van der Waals surface area contributed by atoms with Crippen molar-refractivity contribution in [2.75, 3.05) is 13.7 Å². The molecule has 3 unspecified atom stereocenters. The first-order chi connectivity index (χ1) is 6.20. The lowest BCUT2D eigenvalue weighted by Gasteiger charge is -2.26. The lowest BCUT2D eigenvalue weighted by Crippen LogP contribution is -2.40. The second-order valence-electron chi connectivity index (χ2n) is 2.18. The molecular weight excluding hydrogens is 176 g/mol. The number of hydrogen-bond acceptors (Lipinski definition) is 5. The molecule has 0 amide bonds. The first-order valence-corrected chi connectivity index (χ1v) is 4.30. The Balaban J connectivity index is 0. The van der Waals surface area contributed by atoms with Crippen LogP contribution < -0.4 is 0 Å². The largest absolute Gasteiger partial charge is 0.400 e. The van der Waals surface area contributed by atoms with Crippen molar-refractivity contribution < 1.29 is 25.2 Å². The Kier molecular flexibility index (Phi) is 11.6. The topological polar surface area (TPSA) is 90.2 Å². The van der Waals surface area contributed by atoms with Gasteiger partial charge in [-0.25, -0.2) is 0 Å². The van der Waals surface area contributed by atoms with E-state index in [9.17, 15) is 0 Å². The van der Waals surface area contributed by atoms with Crippen molar-refractivity contribution in [2.24, 2.45) is 0 Å². The maximum atomic E-state index is 8.81. The molecule has 0 aliphatic carbocycles. The van der Waals surface area contributed by atoms with E-state index in [1.54, 1.807) is 0 Å². The van der Waals surface area contributed by atoms with Crippen LogP contribution in [-0.2, 0) is 4.74 Å². The molecule has 1 aliphatic heterocycles. The molecule has 0 aromatic carbocycles. The number of rotatable bonds is 0. The van der Waals surface area contributed by atoms with Gasteiger partial charge in [-0.3, -0.25) is 0 Å². The summed E-state index contributed by atoms with van der Waals surface area (Å²) in [7, 11) is 1.00. The highest BCUT2D eigenvalue weighted by Gasteiger charge is 2.26. The van der Waals surface area contributed by atoms with E-state index in [0.29, 0.717) is 0 Å². The fourth-order valence-electron chi connectivity index (χ4n) is 0.784. The normalized spacial score (nSPS) is 32.1. The number of aliphatic hydroxyl groups excluding tert-OH is 4. The quantitative estimate of drug-likeness (QED) is 0.402. The zero-order chi connectivity index (χ0) is 10.9. The minimum Gasteiger partial charge on any atom is -0.400 e. The average Bonchev–Trinajstić information content (AvgIpc) is 2.18. The van der Waals surface area contributed by atoms with E-state index in [-0.39, 0.29) is 13.0 Å². The predicted octanol–water partition coefficient (Wildman–Crippen LogP) is -0.918. The lowest BCUT2D eigenvalue weighted by atomic mass is 10.1. The Labute approximate surface area is 78.6 Å². The van der Waals surface area contributed by atoms with Crippen molar-refractivity contribution >= 4 is 0 Å². The van der Waals surface area contributed by atoms with Crippen LogP contribution in [0.15, 0.2) is 0 Å². The summed E-state index contributed by atoms with van der Waals surface area (Å²) in [6, 6.07) is 0. The minimum atomic E-state index is -1.12. The van der Waals surface area contributed by atoms with Crippen molar-refractivity contribution in [2.45, 2.75) is 38.8 Å². The highest BCUT2D eigenvalue weighted by molar-refractivity contribution is 4.70. The van der Waals surface area contributed by atoms with Crippen LogP contribution >= 0.6 is 0 Å². The molecule has 13 heavy (non-hydrogen) atoms. The monoisotopic (exact) mass is 196 g/mol. The summed E-state index contributed by atoms with van der Waals surface area (Å²) in [4.78, 5) is 0. The molecule has 4 N–H and O–H groups in total. The van der Waals surface area contributed by atoms with Crippen molar-refractivity contribution in [1.29, 1.82) is 0 Å². The third-order valence-electron chi connectivity index (χ3n) is 1.30. The molecule has 1 saturated heterocycles. The van der Waals surface area contributed by atoms with Crippen LogP contribution in [0.2, 0.25) is 0 Å². The van der Waals surface area contributed by atoms with Crippen LogP contribution in [0, 0.1) is 0 Å². The van der Waals surface area contributed by atoms with E-state index in [0.717, 1.165) is 7.11 Å². The molecule has 1 aliphatic rings. The van der Waals surface area contributed by atoms with Gasteiger partial charge in [0.1, 0.15) is 6.10 Å². The van der Waals surface area contributed by atoms with Crippen LogP contribution in [-0.4, -0.2) is 52.6 Å². The molecule has 5 heteroatoms. The van der Waals surface area contributed by atoms with Crippen LogP contribution in [0.4, 0.5) is 0 Å². The second kappa shape index (κ2) is 9.88. The summed E-state index contributed by atoms with van der Waals surface area (Å²) < 4.78 is 4.56. The Morgan fingerprint density at radius 1 is 1.08 bits per heavy atom. The minimum absolute atomic E-state index is 0.109. The third-order valence-corrected chi connectivity index (χ3v) is 1.30. The zero-order valence-electron chi connectivity index (χ0n) is 8.34. The smallest absolute Gasteiger partial charge is 0.181 e. The molecule has 1 rings (SSSR count). The van der Waals surface area contributed by atoms with Crippen LogP contribution in [0.25, 0.3) is 0 Å². The summed E-state index contributed by atoms with van der Waals surface area (Å²) in [6.07, 6.45) is -2.49. The summed E-state index contributed by atoms with van der Waals surface area (Å²) in [5, 5.41) is 33.3. The van der Waals surface area contributed by atoms with Gasteiger partial charge in [0.05, 0.1) is 12.7 Å². The van der Waals surface area contributed by atoms with Gasteiger partial charge in [0, 0.05) is 13.5 Å². The Morgan fingerprint density at radius 2 is 1.54 bits per heavy atom. The average molecular weight is 196 g/mol. The number of hydrogen-bond donors (Lipinski definition) is 4. The molecular formula is C8H20O5. The molecule has 5 nitrogen and oxygen atoms in total. The van der Waals surface area contributed by atoms with Gasteiger partial charge in [-0.05, 0) is 0 Å². The Bertz CT molecular complexity index is 98.5. The van der Waals surface area contributed by atoms with Gasteiger partial charge in [-0.1, -0.05) is 13.8 Å². The van der Waals surface area contributed by atoms with Gasteiger partial charge in [0.2, 0.25) is 0 Å². The summed E-state index contributed by atoms with van der Waals surface area (Å²) >= 11 is 0. The number of ether oxygens (including phenoxy) is 1. The first-order valence-electron chi connectivity index (χ1n) is 4.30. The van der Waals surface area contributed by atoms with Crippen molar-refractivity contribution in [3.63, 3.8) is 0 Å². The van der Waals surface area contributed by atoms with Gasteiger partial charge >= 0.3 is 0 Å². The van der Waals surface area contributed by atoms with Gasteiger partial charge in [0.15, 0.2) is 6.29 Å². The summed E-state index contributed by atoms with van der Waals surface area (Å²) in [5.41, 5.74) is 0. The van der Waals surface area contributed by atoms with E-state index in [1.807, 2.05) is 13.8 Å². The highest BCUT2D eigenvalue weighted by Crippen LogP contribution is 2.11. The van der Waals surface area contributed by atoms with E-state index in [4.69, 9.17) is 20.4 Å². The fraction of sp³-hybridized carbons (Fsp3) is 1.00. The van der Waals surface area contributed by atoms with E-state index in [2.05, 4.69) is 4.74 Å². The van der Waals surface area contributed by atoms with Crippen LogP contribution in [0.1, 0.15) is 20.3 Å². The highest BCUT2D eigenvalue weighted by atomic mass is 16.6. The van der Waals surface area contributed by atoms with Gasteiger partial charge < -0.3 is 25.2 Å². The van der Waals surface area contributed by atoms with E-state index >= 15 is 0 Å². The third kappa shape index (κ3) is 6.92. The summed E-state index contributed by atoms with van der Waals surface area (Å²) in [5.74, 6) is 0. The van der Waals surface area contributed by atoms with Crippen molar-refractivity contribution in [1.82, 2.24) is 0 Å². The van der Waals surface area contributed by atoms with Crippen molar-refractivity contribution in [3.8, 4) is 0 Å². The van der Waals surface area contributed by atoms with Gasteiger partial charge in [-0.2, -0.15) is 0 Å². The molecule has 0 aromatic rings. The van der Waals surface area contributed by atoms with E-state index < -0.39 is 18.5 Å². The molecule has 0 radical (unpaired) electrons.